The maximum atomic E-state index is 13.2. The van der Waals surface area contributed by atoms with Crippen molar-refractivity contribution in [3.8, 4) is 0 Å². The number of rotatable bonds is 4. The molecule has 1 unspecified atom stereocenters. The lowest BCUT2D eigenvalue weighted by molar-refractivity contribution is -0.137. The summed E-state index contributed by atoms with van der Waals surface area (Å²) >= 11 is 0.895. The molecule has 0 spiro atoms. The number of amides is 1. The number of anilines is 1. The first kappa shape index (κ1) is 20.7. The Morgan fingerprint density at radius 2 is 1.87 bits per heavy atom. The Labute approximate surface area is 173 Å². The van der Waals surface area contributed by atoms with Gasteiger partial charge in [-0.2, -0.15) is 26.2 Å². The third-order valence-electron chi connectivity index (χ3n) is 4.82. The molecule has 1 aliphatic rings. The maximum absolute atomic E-state index is 13.2. The van der Waals surface area contributed by atoms with Gasteiger partial charge in [-0.15, -0.1) is 0 Å². The number of carbonyl (C=O) groups excluding carboxylic acids is 1. The predicted molar refractivity (Wildman–Crippen MR) is 104 cm³/mol. The van der Waals surface area contributed by atoms with Crippen molar-refractivity contribution in [1.82, 2.24) is 13.1 Å². The van der Waals surface area contributed by atoms with E-state index in [0.29, 0.717) is 18.4 Å². The highest BCUT2D eigenvalue weighted by Gasteiger charge is 2.40. The van der Waals surface area contributed by atoms with Crippen LogP contribution in [0.4, 0.5) is 18.9 Å². The Hall–Kier alpha value is -2.57. The Morgan fingerprint density at radius 3 is 2.57 bits per heavy atom. The van der Waals surface area contributed by atoms with E-state index < -0.39 is 33.7 Å². The van der Waals surface area contributed by atoms with Gasteiger partial charge in [-0.3, -0.25) is 4.79 Å². The van der Waals surface area contributed by atoms with Gasteiger partial charge in [0.05, 0.1) is 17.3 Å². The van der Waals surface area contributed by atoms with Gasteiger partial charge in [0, 0.05) is 12.2 Å². The van der Waals surface area contributed by atoms with E-state index in [1.54, 1.807) is 12.1 Å². The van der Waals surface area contributed by atoms with Crippen LogP contribution in [0.1, 0.15) is 18.4 Å². The third kappa shape index (κ3) is 3.77. The molecule has 30 heavy (non-hydrogen) atoms. The molecule has 3 aromatic rings. The summed E-state index contributed by atoms with van der Waals surface area (Å²) in [7, 11) is -4.02. The molecule has 12 heteroatoms. The summed E-state index contributed by atoms with van der Waals surface area (Å²) < 4.78 is 73.7. The van der Waals surface area contributed by atoms with Crippen LogP contribution >= 0.6 is 11.7 Å². The van der Waals surface area contributed by atoms with Crippen LogP contribution < -0.4 is 5.32 Å². The zero-order valence-electron chi connectivity index (χ0n) is 15.3. The second-order valence-electron chi connectivity index (χ2n) is 6.73. The van der Waals surface area contributed by atoms with E-state index in [-0.39, 0.29) is 22.6 Å². The SMILES string of the molecule is O=C(Nc1ccc(C(F)(F)F)cc1)C1CCCN1S(=O)(=O)c1cccc2nsnc12. The van der Waals surface area contributed by atoms with Crippen LogP contribution in [0.2, 0.25) is 0 Å². The molecule has 1 fully saturated rings. The molecule has 2 heterocycles. The monoisotopic (exact) mass is 456 g/mol. The highest BCUT2D eigenvalue weighted by atomic mass is 32.2. The number of hydrogen-bond donors (Lipinski definition) is 1. The molecule has 7 nitrogen and oxygen atoms in total. The predicted octanol–water partition coefficient (Wildman–Crippen LogP) is 3.50. The number of aromatic nitrogens is 2. The van der Waals surface area contributed by atoms with Crippen molar-refractivity contribution in [3.05, 3.63) is 48.0 Å². The number of fused-ring (bicyclic) bond motifs is 1. The largest absolute Gasteiger partial charge is 0.416 e. The highest BCUT2D eigenvalue weighted by Crippen LogP contribution is 2.32. The van der Waals surface area contributed by atoms with E-state index in [1.807, 2.05) is 0 Å². The van der Waals surface area contributed by atoms with Crippen molar-refractivity contribution in [2.45, 2.75) is 30.0 Å². The second-order valence-corrected chi connectivity index (χ2v) is 9.11. The number of carbonyl (C=O) groups is 1. The standard InChI is InChI=1S/C18H15F3N4O3S2/c19-18(20,21)11-6-8-12(9-7-11)22-17(26)14-4-2-10-25(14)30(27,28)15-5-1-3-13-16(15)24-29-23-13/h1,3,5-9,14H,2,4,10H2,(H,22,26). The Kier molecular flexibility index (Phi) is 5.24. The fourth-order valence-corrected chi connectivity index (χ4v) is 5.78. The molecule has 1 aliphatic heterocycles. The highest BCUT2D eigenvalue weighted by molar-refractivity contribution is 7.89. The lowest BCUT2D eigenvalue weighted by Crippen LogP contribution is -2.43. The molecular weight excluding hydrogens is 441 g/mol. The van der Waals surface area contributed by atoms with Gasteiger partial charge in [-0.05, 0) is 49.2 Å². The maximum Gasteiger partial charge on any atom is 0.416 e. The van der Waals surface area contributed by atoms with Crippen LogP contribution in [0.25, 0.3) is 11.0 Å². The van der Waals surface area contributed by atoms with Gasteiger partial charge in [0.1, 0.15) is 22.0 Å². The Morgan fingerprint density at radius 1 is 1.13 bits per heavy atom. The number of nitrogens with zero attached hydrogens (tertiary/aromatic N) is 3. The van der Waals surface area contributed by atoms with Gasteiger partial charge in [0.25, 0.3) is 0 Å². The average molecular weight is 456 g/mol. The zero-order valence-corrected chi connectivity index (χ0v) is 16.9. The van der Waals surface area contributed by atoms with Crippen LogP contribution in [0, 0.1) is 0 Å². The molecule has 2 aromatic carbocycles. The molecular formula is C18H15F3N4O3S2. The number of halogens is 3. The van der Waals surface area contributed by atoms with Crippen molar-refractivity contribution >= 4 is 44.4 Å². The summed E-state index contributed by atoms with van der Waals surface area (Å²) in [6.07, 6.45) is -3.70. The topological polar surface area (TPSA) is 92.3 Å². The third-order valence-corrected chi connectivity index (χ3v) is 7.30. The molecule has 1 atom stereocenters. The molecule has 0 saturated carbocycles. The lowest BCUT2D eigenvalue weighted by atomic mass is 10.2. The Bertz CT molecular complexity index is 1190. The van der Waals surface area contributed by atoms with E-state index in [9.17, 15) is 26.4 Å². The summed E-state index contributed by atoms with van der Waals surface area (Å²) in [6.45, 7) is 0.154. The molecule has 1 aromatic heterocycles. The molecule has 1 saturated heterocycles. The number of hydrogen-bond acceptors (Lipinski definition) is 6. The smallest absolute Gasteiger partial charge is 0.325 e. The summed E-state index contributed by atoms with van der Waals surface area (Å²) in [5.41, 5.74) is 0.0147. The lowest BCUT2D eigenvalue weighted by Gasteiger charge is -2.23. The van der Waals surface area contributed by atoms with Crippen molar-refractivity contribution < 1.29 is 26.4 Å². The molecule has 158 valence electrons. The molecule has 1 amide bonds. The first-order valence-electron chi connectivity index (χ1n) is 8.89. The van der Waals surface area contributed by atoms with E-state index >= 15 is 0 Å². The molecule has 0 radical (unpaired) electrons. The van der Waals surface area contributed by atoms with Crippen LogP contribution in [-0.4, -0.2) is 40.0 Å². The Balaban J connectivity index is 1.57. The van der Waals surface area contributed by atoms with Crippen molar-refractivity contribution in [1.29, 1.82) is 0 Å². The number of sulfonamides is 1. The number of alkyl halides is 3. The van der Waals surface area contributed by atoms with Crippen molar-refractivity contribution in [2.75, 3.05) is 11.9 Å². The average Bonchev–Trinajstić information content (AvgIpc) is 3.37. The zero-order chi connectivity index (χ0) is 21.5. The van der Waals surface area contributed by atoms with Gasteiger partial charge in [-0.1, -0.05) is 6.07 Å². The fourth-order valence-electron chi connectivity index (χ4n) is 3.37. The van der Waals surface area contributed by atoms with Crippen LogP contribution in [0.3, 0.4) is 0 Å². The number of benzene rings is 2. The first-order valence-corrected chi connectivity index (χ1v) is 11.1. The molecule has 1 N–H and O–H groups in total. The number of nitrogens with one attached hydrogen (secondary N) is 1. The van der Waals surface area contributed by atoms with Gasteiger partial charge in [0.15, 0.2) is 0 Å². The summed E-state index contributed by atoms with van der Waals surface area (Å²) in [4.78, 5) is 12.7. The van der Waals surface area contributed by atoms with Crippen LogP contribution in [-0.2, 0) is 21.0 Å². The second kappa shape index (κ2) is 7.60. The fraction of sp³-hybridized carbons (Fsp3) is 0.278. The van der Waals surface area contributed by atoms with E-state index in [0.717, 1.165) is 40.3 Å². The molecule has 4 rings (SSSR count). The summed E-state index contributed by atoms with van der Waals surface area (Å²) in [6, 6.07) is 7.64. The van der Waals surface area contributed by atoms with Crippen LogP contribution in [0.15, 0.2) is 47.4 Å². The minimum absolute atomic E-state index is 0.0250. The van der Waals surface area contributed by atoms with E-state index in [2.05, 4.69) is 14.1 Å². The summed E-state index contributed by atoms with van der Waals surface area (Å²) in [5, 5.41) is 2.51. The van der Waals surface area contributed by atoms with Gasteiger partial charge in [-0.25, -0.2) is 8.42 Å². The van der Waals surface area contributed by atoms with E-state index in [4.69, 9.17) is 0 Å². The van der Waals surface area contributed by atoms with Gasteiger partial charge < -0.3 is 5.32 Å². The van der Waals surface area contributed by atoms with Crippen molar-refractivity contribution in [3.63, 3.8) is 0 Å². The normalized spacial score (nSPS) is 18.0. The van der Waals surface area contributed by atoms with Crippen LogP contribution in [0.5, 0.6) is 0 Å². The molecule has 0 aliphatic carbocycles. The first-order chi connectivity index (χ1) is 14.2. The van der Waals surface area contributed by atoms with E-state index in [1.165, 1.54) is 6.07 Å². The minimum Gasteiger partial charge on any atom is -0.325 e. The summed E-state index contributed by atoms with van der Waals surface area (Å²) in [5.74, 6) is -0.598. The minimum atomic E-state index is -4.48. The van der Waals surface area contributed by atoms with Gasteiger partial charge >= 0.3 is 6.18 Å². The van der Waals surface area contributed by atoms with Crippen molar-refractivity contribution in [2.24, 2.45) is 0 Å². The van der Waals surface area contributed by atoms with Gasteiger partial charge in [0.2, 0.25) is 15.9 Å². The molecule has 0 bridgehead atoms. The quantitative estimate of drug-likeness (QED) is 0.649.